The van der Waals surface area contributed by atoms with Crippen molar-refractivity contribution in [1.29, 1.82) is 0 Å². The number of allylic oxidation sites excluding steroid dienone is 1. The number of ether oxygens (including phenoxy) is 1. The summed E-state index contributed by atoms with van der Waals surface area (Å²) in [5.74, 6) is 1.37. The number of aryl methyl sites for hydroxylation is 2. The molecule has 0 spiro atoms. The van der Waals surface area contributed by atoms with E-state index in [4.69, 9.17) is 9.15 Å². The summed E-state index contributed by atoms with van der Waals surface area (Å²) in [7, 11) is 0. The second-order valence-corrected chi connectivity index (χ2v) is 8.07. The third kappa shape index (κ3) is 4.69. The predicted molar refractivity (Wildman–Crippen MR) is 127 cm³/mol. The van der Waals surface area contributed by atoms with Crippen LogP contribution in [0.25, 0.3) is 16.5 Å². The summed E-state index contributed by atoms with van der Waals surface area (Å²) in [6.07, 6.45) is 5.88. The van der Waals surface area contributed by atoms with Crippen molar-refractivity contribution in [3.8, 4) is 5.75 Å². The van der Waals surface area contributed by atoms with Crippen molar-refractivity contribution in [3.63, 3.8) is 0 Å². The van der Waals surface area contributed by atoms with Gasteiger partial charge in [0.2, 0.25) is 11.8 Å². The highest BCUT2D eigenvalue weighted by molar-refractivity contribution is 6.05. The highest BCUT2D eigenvalue weighted by Crippen LogP contribution is 2.38. The average molecular weight is 433 g/mol. The SMILES string of the molecule is CCOc1cc2oc3c(c2cc1/C(C)=C/C(=O)Nc1cccc(NC(C)=O)c1)CCCC3. The van der Waals surface area contributed by atoms with Gasteiger partial charge in [-0.3, -0.25) is 9.59 Å². The molecule has 3 aromatic rings. The van der Waals surface area contributed by atoms with Crippen LogP contribution in [0.3, 0.4) is 0 Å². The lowest BCUT2D eigenvalue weighted by Gasteiger charge is -2.12. The van der Waals surface area contributed by atoms with Gasteiger partial charge in [0.15, 0.2) is 0 Å². The molecule has 6 nitrogen and oxygen atoms in total. The minimum absolute atomic E-state index is 0.163. The van der Waals surface area contributed by atoms with Gasteiger partial charge in [-0.05, 0) is 62.9 Å². The van der Waals surface area contributed by atoms with Crippen molar-refractivity contribution in [2.24, 2.45) is 0 Å². The molecule has 2 N–H and O–H groups in total. The van der Waals surface area contributed by atoms with Crippen molar-refractivity contribution >= 4 is 39.7 Å². The Kier molecular flexibility index (Phi) is 6.30. The number of amides is 2. The molecule has 32 heavy (non-hydrogen) atoms. The van der Waals surface area contributed by atoms with Gasteiger partial charge in [0.25, 0.3) is 0 Å². The Morgan fingerprint density at radius 3 is 2.56 bits per heavy atom. The smallest absolute Gasteiger partial charge is 0.248 e. The Bertz CT molecular complexity index is 1210. The number of anilines is 2. The maximum atomic E-state index is 12.7. The van der Waals surface area contributed by atoms with Gasteiger partial charge in [-0.1, -0.05) is 6.07 Å². The summed E-state index contributed by atoms with van der Waals surface area (Å²) < 4.78 is 12.0. The molecule has 166 valence electrons. The molecule has 0 bridgehead atoms. The average Bonchev–Trinajstić information content (AvgIpc) is 3.10. The molecule has 0 aliphatic heterocycles. The van der Waals surface area contributed by atoms with E-state index >= 15 is 0 Å². The molecule has 2 aromatic carbocycles. The van der Waals surface area contributed by atoms with Gasteiger partial charge in [-0.15, -0.1) is 0 Å². The lowest BCUT2D eigenvalue weighted by atomic mass is 9.94. The molecule has 0 saturated heterocycles. The summed E-state index contributed by atoms with van der Waals surface area (Å²) in [5, 5.41) is 6.68. The number of hydrogen-bond acceptors (Lipinski definition) is 4. The van der Waals surface area contributed by atoms with Crippen LogP contribution in [-0.2, 0) is 22.4 Å². The van der Waals surface area contributed by atoms with Gasteiger partial charge in [-0.25, -0.2) is 0 Å². The van der Waals surface area contributed by atoms with Gasteiger partial charge in [0.05, 0.1) is 6.61 Å². The van der Waals surface area contributed by atoms with Crippen LogP contribution in [0.5, 0.6) is 5.75 Å². The van der Waals surface area contributed by atoms with E-state index in [1.54, 1.807) is 30.3 Å². The van der Waals surface area contributed by atoms with E-state index in [2.05, 4.69) is 16.7 Å². The van der Waals surface area contributed by atoms with Gasteiger partial charge in [-0.2, -0.15) is 0 Å². The number of carbonyl (C=O) groups is 2. The lowest BCUT2D eigenvalue weighted by Crippen LogP contribution is -2.10. The van der Waals surface area contributed by atoms with Gasteiger partial charge >= 0.3 is 0 Å². The monoisotopic (exact) mass is 432 g/mol. The van der Waals surface area contributed by atoms with Crippen molar-refractivity contribution in [1.82, 2.24) is 0 Å². The second-order valence-electron chi connectivity index (χ2n) is 8.07. The molecule has 0 fully saturated rings. The van der Waals surface area contributed by atoms with Crippen molar-refractivity contribution in [3.05, 3.63) is 59.4 Å². The third-order valence-electron chi connectivity index (χ3n) is 5.58. The van der Waals surface area contributed by atoms with E-state index in [1.165, 1.54) is 18.9 Å². The zero-order valence-electron chi connectivity index (χ0n) is 18.7. The second kappa shape index (κ2) is 9.30. The van der Waals surface area contributed by atoms with E-state index in [-0.39, 0.29) is 11.8 Å². The van der Waals surface area contributed by atoms with Crippen LogP contribution in [0.4, 0.5) is 11.4 Å². The highest BCUT2D eigenvalue weighted by atomic mass is 16.5. The van der Waals surface area contributed by atoms with E-state index in [0.29, 0.717) is 23.7 Å². The Morgan fingerprint density at radius 1 is 1.06 bits per heavy atom. The molecule has 0 radical (unpaired) electrons. The highest BCUT2D eigenvalue weighted by Gasteiger charge is 2.20. The summed E-state index contributed by atoms with van der Waals surface area (Å²) in [4.78, 5) is 24.0. The normalized spacial score (nSPS) is 13.5. The number of benzene rings is 2. The van der Waals surface area contributed by atoms with Crippen LogP contribution in [-0.4, -0.2) is 18.4 Å². The molecule has 1 heterocycles. The van der Waals surface area contributed by atoms with Crippen molar-refractivity contribution < 1.29 is 18.7 Å². The summed E-state index contributed by atoms with van der Waals surface area (Å²) in [6, 6.07) is 11.1. The first-order valence-corrected chi connectivity index (χ1v) is 11.0. The first-order chi connectivity index (χ1) is 15.4. The Balaban J connectivity index is 1.63. The molecule has 0 saturated carbocycles. The fraction of sp³-hybridized carbons (Fsp3) is 0.308. The van der Waals surface area contributed by atoms with Crippen LogP contribution >= 0.6 is 0 Å². The summed E-state index contributed by atoms with van der Waals surface area (Å²) >= 11 is 0. The molecule has 4 rings (SSSR count). The molecular weight excluding hydrogens is 404 g/mol. The molecule has 0 atom stereocenters. The summed E-state index contributed by atoms with van der Waals surface area (Å²) in [6.45, 7) is 5.81. The largest absolute Gasteiger partial charge is 0.493 e. The van der Waals surface area contributed by atoms with Crippen molar-refractivity contribution in [2.75, 3.05) is 17.2 Å². The number of nitrogens with one attached hydrogen (secondary N) is 2. The van der Waals surface area contributed by atoms with Crippen LogP contribution in [0, 0.1) is 0 Å². The maximum Gasteiger partial charge on any atom is 0.248 e. The zero-order valence-corrected chi connectivity index (χ0v) is 18.7. The van der Waals surface area contributed by atoms with Gasteiger partial charge < -0.3 is 19.8 Å². The molecule has 1 aliphatic carbocycles. The Hall–Kier alpha value is -3.54. The lowest BCUT2D eigenvalue weighted by molar-refractivity contribution is -0.114. The van der Waals surface area contributed by atoms with Gasteiger partial charge in [0, 0.05) is 53.4 Å². The van der Waals surface area contributed by atoms with E-state index in [1.807, 2.05) is 19.9 Å². The quantitative estimate of drug-likeness (QED) is 0.489. The van der Waals surface area contributed by atoms with Crippen molar-refractivity contribution in [2.45, 2.75) is 46.5 Å². The molecule has 1 aliphatic rings. The van der Waals surface area contributed by atoms with Crippen LogP contribution < -0.4 is 15.4 Å². The molecular formula is C26H28N2O4. The van der Waals surface area contributed by atoms with Crippen LogP contribution in [0.2, 0.25) is 0 Å². The third-order valence-corrected chi connectivity index (χ3v) is 5.58. The van der Waals surface area contributed by atoms with Gasteiger partial charge in [0.1, 0.15) is 17.1 Å². The van der Waals surface area contributed by atoms with Crippen LogP contribution in [0.15, 0.2) is 46.9 Å². The fourth-order valence-electron chi connectivity index (χ4n) is 4.20. The Morgan fingerprint density at radius 2 is 1.81 bits per heavy atom. The number of hydrogen-bond donors (Lipinski definition) is 2. The zero-order chi connectivity index (χ0) is 22.7. The number of furan rings is 1. The first kappa shape index (κ1) is 21.7. The van der Waals surface area contributed by atoms with E-state index in [9.17, 15) is 9.59 Å². The van der Waals surface area contributed by atoms with E-state index in [0.717, 1.165) is 47.1 Å². The Labute approximate surface area is 187 Å². The predicted octanol–water partition coefficient (Wildman–Crippen LogP) is 5.71. The van der Waals surface area contributed by atoms with Crippen LogP contribution in [0.1, 0.15) is 50.5 Å². The topological polar surface area (TPSA) is 80.6 Å². The standard InChI is InChI=1S/C26H28N2O4/c1-4-31-24-15-25-22(20-10-5-6-11-23(20)32-25)14-21(24)16(2)12-26(30)28-19-9-7-8-18(13-19)27-17(3)29/h7-9,12-15H,4-6,10-11H2,1-3H3,(H,27,29)(H,28,30)/b16-12+. The molecule has 6 heteroatoms. The molecule has 1 aromatic heterocycles. The minimum Gasteiger partial charge on any atom is -0.493 e. The number of carbonyl (C=O) groups excluding carboxylic acids is 2. The number of rotatable bonds is 6. The maximum absolute atomic E-state index is 12.7. The molecule has 0 unspecified atom stereocenters. The number of fused-ring (bicyclic) bond motifs is 3. The fourth-order valence-corrected chi connectivity index (χ4v) is 4.20. The summed E-state index contributed by atoms with van der Waals surface area (Å²) in [5.41, 5.74) is 5.05. The minimum atomic E-state index is -0.251. The van der Waals surface area contributed by atoms with E-state index < -0.39 is 0 Å². The first-order valence-electron chi connectivity index (χ1n) is 11.0. The molecule has 2 amide bonds.